The van der Waals surface area contributed by atoms with Gasteiger partial charge in [0.25, 0.3) is 0 Å². The predicted octanol–water partition coefficient (Wildman–Crippen LogP) is 3.39. The molecule has 152 valence electrons. The van der Waals surface area contributed by atoms with Crippen molar-refractivity contribution in [3.05, 3.63) is 59.2 Å². The van der Waals surface area contributed by atoms with Crippen molar-refractivity contribution in [1.29, 1.82) is 0 Å². The summed E-state index contributed by atoms with van der Waals surface area (Å²) in [5.74, 6) is 1.38. The van der Waals surface area contributed by atoms with Crippen LogP contribution >= 0.6 is 0 Å². The van der Waals surface area contributed by atoms with Crippen molar-refractivity contribution in [2.45, 2.75) is 44.6 Å². The SMILES string of the molecule is Cc1cccnc1Nc1cccc([C@@H]2CCCN2S(=O)(=O)c2c(C)n[nH]c2C)n1. The fourth-order valence-electron chi connectivity index (χ4n) is 3.81. The molecule has 3 aromatic rings. The number of H-pyrrole nitrogens is 1. The number of nitrogens with zero attached hydrogens (tertiary/aromatic N) is 4. The molecular weight excluding hydrogens is 388 g/mol. The van der Waals surface area contributed by atoms with Crippen LogP contribution in [0.15, 0.2) is 41.4 Å². The van der Waals surface area contributed by atoms with Crippen LogP contribution in [0.1, 0.15) is 41.5 Å². The van der Waals surface area contributed by atoms with Crippen LogP contribution in [0, 0.1) is 20.8 Å². The fraction of sp³-hybridized carbons (Fsp3) is 0.350. The topological polar surface area (TPSA) is 104 Å². The van der Waals surface area contributed by atoms with Crippen molar-refractivity contribution in [3.8, 4) is 0 Å². The van der Waals surface area contributed by atoms with Gasteiger partial charge in [0.15, 0.2) is 0 Å². The zero-order valence-electron chi connectivity index (χ0n) is 16.7. The largest absolute Gasteiger partial charge is 0.325 e. The highest BCUT2D eigenvalue weighted by Gasteiger charge is 2.39. The van der Waals surface area contributed by atoms with Gasteiger partial charge in [-0.15, -0.1) is 0 Å². The van der Waals surface area contributed by atoms with Crippen LogP contribution in [-0.4, -0.2) is 39.4 Å². The summed E-state index contributed by atoms with van der Waals surface area (Å²) in [6.45, 7) is 5.88. The Bertz CT molecular complexity index is 1120. The number of pyridine rings is 2. The Kier molecular flexibility index (Phi) is 5.10. The maximum Gasteiger partial charge on any atom is 0.247 e. The standard InChI is InChI=1S/C20H24N6O2S/c1-13-7-5-11-21-20(13)23-18-10-4-8-16(22-18)17-9-6-12-26(17)29(27,28)19-14(2)24-25-15(19)3/h4-5,7-8,10-11,17H,6,9,12H2,1-3H3,(H,24,25)(H,21,22,23)/t17-/m0/s1. The number of sulfonamides is 1. The minimum Gasteiger partial charge on any atom is -0.325 e. The third-order valence-electron chi connectivity index (χ3n) is 5.20. The molecule has 2 N–H and O–H groups in total. The number of anilines is 2. The highest BCUT2D eigenvalue weighted by Crippen LogP contribution is 2.37. The minimum absolute atomic E-state index is 0.266. The van der Waals surface area contributed by atoms with E-state index in [-0.39, 0.29) is 10.9 Å². The van der Waals surface area contributed by atoms with E-state index in [9.17, 15) is 8.42 Å². The molecule has 0 spiro atoms. The van der Waals surface area contributed by atoms with Crippen molar-refractivity contribution in [3.63, 3.8) is 0 Å². The first-order valence-corrected chi connectivity index (χ1v) is 11.0. The monoisotopic (exact) mass is 412 g/mol. The molecule has 0 saturated carbocycles. The number of hydrogen-bond donors (Lipinski definition) is 2. The third-order valence-corrected chi connectivity index (χ3v) is 7.37. The quantitative estimate of drug-likeness (QED) is 0.666. The summed E-state index contributed by atoms with van der Waals surface area (Å²) in [5, 5.41) is 10.1. The average Bonchev–Trinajstić information content (AvgIpc) is 3.31. The van der Waals surface area contributed by atoms with Gasteiger partial charge >= 0.3 is 0 Å². The molecule has 3 aromatic heterocycles. The smallest absolute Gasteiger partial charge is 0.247 e. The summed E-state index contributed by atoms with van der Waals surface area (Å²) in [6, 6.07) is 9.17. The second-order valence-corrected chi connectivity index (χ2v) is 9.11. The average molecular weight is 413 g/mol. The number of rotatable bonds is 5. The Labute approximate surface area is 170 Å². The van der Waals surface area contributed by atoms with Crippen molar-refractivity contribution < 1.29 is 8.42 Å². The Hall–Kier alpha value is -2.78. The molecule has 0 bridgehead atoms. The van der Waals surface area contributed by atoms with E-state index in [0.29, 0.717) is 23.8 Å². The van der Waals surface area contributed by atoms with E-state index in [1.807, 2.05) is 37.3 Å². The molecule has 29 heavy (non-hydrogen) atoms. The Morgan fingerprint density at radius 1 is 1.17 bits per heavy atom. The van der Waals surface area contributed by atoms with Gasteiger partial charge in [-0.1, -0.05) is 12.1 Å². The van der Waals surface area contributed by atoms with Crippen LogP contribution in [-0.2, 0) is 10.0 Å². The van der Waals surface area contributed by atoms with Crippen molar-refractivity contribution in [2.75, 3.05) is 11.9 Å². The number of aromatic nitrogens is 4. The van der Waals surface area contributed by atoms with E-state index in [1.165, 1.54) is 0 Å². The first-order valence-electron chi connectivity index (χ1n) is 9.57. The molecule has 0 aliphatic carbocycles. The highest BCUT2D eigenvalue weighted by atomic mass is 32.2. The molecule has 8 nitrogen and oxygen atoms in total. The molecule has 1 aliphatic heterocycles. The molecule has 0 radical (unpaired) electrons. The zero-order valence-corrected chi connectivity index (χ0v) is 17.5. The summed E-state index contributed by atoms with van der Waals surface area (Å²) in [5.41, 5.74) is 2.78. The summed E-state index contributed by atoms with van der Waals surface area (Å²) in [6.07, 6.45) is 3.24. The van der Waals surface area contributed by atoms with E-state index in [1.54, 1.807) is 24.3 Å². The molecule has 0 unspecified atom stereocenters. The van der Waals surface area contributed by atoms with Crippen LogP contribution in [0.25, 0.3) is 0 Å². The third kappa shape index (κ3) is 3.63. The van der Waals surface area contributed by atoms with Crippen LogP contribution in [0.5, 0.6) is 0 Å². The maximum absolute atomic E-state index is 13.4. The zero-order chi connectivity index (χ0) is 20.6. The number of aromatic amines is 1. The lowest BCUT2D eigenvalue weighted by Crippen LogP contribution is -2.31. The van der Waals surface area contributed by atoms with Gasteiger partial charge in [-0.2, -0.15) is 9.40 Å². The van der Waals surface area contributed by atoms with Gasteiger partial charge in [-0.25, -0.2) is 18.4 Å². The maximum atomic E-state index is 13.4. The van der Waals surface area contributed by atoms with Crippen LogP contribution in [0.4, 0.5) is 11.6 Å². The van der Waals surface area contributed by atoms with Gasteiger partial charge in [0.05, 0.1) is 23.1 Å². The molecule has 4 rings (SSSR count). The van der Waals surface area contributed by atoms with Crippen LogP contribution < -0.4 is 5.32 Å². The molecule has 1 atom stereocenters. The first-order chi connectivity index (χ1) is 13.9. The second kappa shape index (κ2) is 7.57. The lowest BCUT2D eigenvalue weighted by atomic mass is 10.1. The lowest BCUT2D eigenvalue weighted by molar-refractivity contribution is 0.390. The van der Waals surface area contributed by atoms with E-state index in [2.05, 4.69) is 20.5 Å². The Balaban J connectivity index is 1.65. The van der Waals surface area contributed by atoms with Gasteiger partial charge in [-0.05, 0) is 57.4 Å². The molecule has 1 saturated heterocycles. The Morgan fingerprint density at radius 2 is 2.00 bits per heavy atom. The molecule has 9 heteroatoms. The summed E-state index contributed by atoms with van der Waals surface area (Å²) >= 11 is 0. The van der Waals surface area contributed by atoms with E-state index < -0.39 is 10.0 Å². The van der Waals surface area contributed by atoms with Gasteiger partial charge in [0.2, 0.25) is 10.0 Å². The molecule has 0 amide bonds. The summed E-state index contributed by atoms with van der Waals surface area (Å²) in [4.78, 5) is 9.31. The van der Waals surface area contributed by atoms with Crippen molar-refractivity contribution in [2.24, 2.45) is 0 Å². The summed E-state index contributed by atoms with van der Waals surface area (Å²) < 4.78 is 28.3. The number of nitrogens with one attached hydrogen (secondary N) is 2. The lowest BCUT2D eigenvalue weighted by Gasteiger charge is -2.24. The van der Waals surface area contributed by atoms with Gasteiger partial charge < -0.3 is 5.32 Å². The van der Waals surface area contributed by atoms with Gasteiger partial charge in [0.1, 0.15) is 16.5 Å². The van der Waals surface area contributed by atoms with Crippen molar-refractivity contribution >= 4 is 21.7 Å². The van der Waals surface area contributed by atoms with E-state index in [4.69, 9.17) is 4.98 Å². The van der Waals surface area contributed by atoms with Crippen molar-refractivity contribution in [1.82, 2.24) is 24.5 Å². The van der Waals surface area contributed by atoms with Crippen LogP contribution in [0.2, 0.25) is 0 Å². The normalized spacial score (nSPS) is 17.6. The first kappa shape index (κ1) is 19.5. The van der Waals surface area contributed by atoms with E-state index in [0.717, 1.165) is 29.9 Å². The predicted molar refractivity (Wildman–Crippen MR) is 110 cm³/mol. The highest BCUT2D eigenvalue weighted by molar-refractivity contribution is 7.89. The number of aryl methyl sites for hydroxylation is 3. The van der Waals surface area contributed by atoms with Gasteiger partial charge in [0, 0.05) is 12.7 Å². The van der Waals surface area contributed by atoms with E-state index >= 15 is 0 Å². The second-order valence-electron chi connectivity index (χ2n) is 7.28. The van der Waals surface area contributed by atoms with Gasteiger partial charge in [-0.3, -0.25) is 5.10 Å². The fourth-order valence-corrected chi connectivity index (χ4v) is 5.81. The minimum atomic E-state index is -3.67. The molecule has 0 aromatic carbocycles. The molecule has 1 fully saturated rings. The van der Waals surface area contributed by atoms with Crippen LogP contribution in [0.3, 0.4) is 0 Å². The summed E-state index contributed by atoms with van der Waals surface area (Å²) in [7, 11) is -3.67. The Morgan fingerprint density at radius 3 is 2.72 bits per heavy atom. The molecular formula is C20H24N6O2S. The number of hydrogen-bond acceptors (Lipinski definition) is 6. The molecule has 1 aliphatic rings. The molecule has 4 heterocycles.